The molecule has 0 aliphatic rings. The smallest absolute Gasteiger partial charge is 0.340 e. The Morgan fingerprint density at radius 2 is 1.86 bits per heavy atom. The van der Waals surface area contributed by atoms with Gasteiger partial charge in [-0.05, 0) is 45.4 Å². The summed E-state index contributed by atoms with van der Waals surface area (Å²) in [6.45, 7) is 7.09. The van der Waals surface area contributed by atoms with E-state index in [1.807, 2.05) is 0 Å². The molecule has 1 amide bonds. The third-order valence-electron chi connectivity index (χ3n) is 4.59. The molecule has 3 rings (SSSR count). The average Bonchev–Trinajstić information content (AvgIpc) is 2.94. The molecule has 0 aliphatic heterocycles. The number of hydrogen-bond acceptors (Lipinski definition) is 5. The van der Waals surface area contributed by atoms with E-state index < -0.39 is 5.97 Å². The molecule has 0 bridgehead atoms. The van der Waals surface area contributed by atoms with E-state index in [0.29, 0.717) is 39.2 Å². The highest BCUT2D eigenvalue weighted by Gasteiger charge is 2.25. The molecular formula is C21H24N4O4. The minimum absolute atomic E-state index is 0.113. The maximum absolute atomic E-state index is 13.0. The second-order valence-corrected chi connectivity index (χ2v) is 7.27. The van der Waals surface area contributed by atoms with E-state index in [2.05, 4.69) is 15.0 Å². The number of aryl methyl sites for hydroxylation is 1. The number of aromatic amines is 2. The van der Waals surface area contributed by atoms with Gasteiger partial charge in [-0.15, -0.1) is 0 Å². The Balaban J connectivity index is 1.86. The second-order valence-electron chi connectivity index (χ2n) is 7.27. The average molecular weight is 396 g/mol. The van der Waals surface area contributed by atoms with Crippen LogP contribution in [0.15, 0.2) is 29.1 Å². The number of rotatable bonds is 5. The molecule has 3 aromatic rings. The van der Waals surface area contributed by atoms with E-state index in [0.717, 1.165) is 0 Å². The van der Waals surface area contributed by atoms with Crippen molar-refractivity contribution in [2.24, 2.45) is 0 Å². The van der Waals surface area contributed by atoms with Gasteiger partial charge in [-0.25, -0.2) is 9.78 Å². The van der Waals surface area contributed by atoms with Crippen molar-refractivity contribution in [3.8, 4) is 0 Å². The van der Waals surface area contributed by atoms with Gasteiger partial charge in [0, 0.05) is 12.7 Å². The lowest BCUT2D eigenvalue weighted by molar-refractivity contribution is 0.0376. The van der Waals surface area contributed by atoms with Gasteiger partial charge in [0.15, 0.2) is 0 Å². The first-order valence-electron chi connectivity index (χ1n) is 9.32. The number of aromatic nitrogens is 3. The highest BCUT2D eigenvalue weighted by molar-refractivity contribution is 6.00. The number of amides is 1. The zero-order valence-corrected chi connectivity index (χ0v) is 17.1. The largest absolute Gasteiger partial charge is 0.459 e. The lowest BCUT2D eigenvalue weighted by Crippen LogP contribution is -2.29. The Morgan fingerprint density at radius 3 is 2.55 bits per heavy atom. The van der Waals surface area contributed by atoms with Gasteiger partial charge in [0.2, 0.25) is 0 Å². The molecule has 8 heteroatoms. The third-order valence-corrected chi connectivity index (χ3v) is 4.59. The SMILES string of the molecule is Cc1[nH]c(C(=O)N(C)Cc2nc3ccccc3c(=O)[nH]2)c(C)c1C(=O)OC(C)C. The molecule has 2 aromatic heterocycles. The Morgan fingerprint density at radius 1 is 1.17 bits per heavy atom. The first-order chi connectivity index (χ1) is 13.7. The van der Waals surface area contributed by atoms with Crippen molar-refractivity contribution in [2.45, 2.75) is 40.3 Å². The summed E-state index contributed by atoms with van der Waals surface area (Å²) in [7, 11) is 1.61. The summed E-state index contributed by atoms with van der Waals surface area (Å²) in [6, 6.07) is 7.02. The molecule has 0 aliphatic carbocycles. The maximum Gasteiger partial charge on any atom is 0.340 e. The van der Waals surface area contributed by atoms with Crippen molar-refractivity contribution >= 4 is 22.8 Å². The molecule has 8 nitrogen and oxygen atoms in total. The molecule has 0 saturated carbocycles. The van der Waals surface area contributed by atoms with Gasteiger partial charge < -0.3 is 19.6 Å². The third kappa shape index (κ3) is 4.06. The first kappa shape index (κ1) is 20.3. The number of hydrogen-bond donors (Lipinski definition) is 2. The van der Waals surface area contributed by atoms with E-state index in [1.165, 1.54) is 4.90 Å². The van der Waals surface area contributed by atoms with Crippen molar-refractivity contribution in [3.05, 3.63) is 63.0 Å². The molecule has 0 fully saturated rings. The fourth-order valence-corrected chi connectivity index (χ4v) is 3.24. The van der Waals surface area contributed by atoms with Crippen LogP contribution in [0.1, 0.15) is 51.8 Å². The van der Waals surface area contributed by atoms with Gasteiger partial charge in [0.1, 0.15) is 11.5 Å². The number of carbonyl (C=O) groups is 2. The van der Waals surface area contributed by atoms with E-state index in [9.17, 15) is 14.4 Å². The molecule has 0 radical (unpaired) electrons. The highest BCUT2D eigenvalue weighted by atomic mass is 16.5. The molecule has 0 spiro atoms. The highest BCUT2D eigenvalue weighted by Crippen LogP contribution is 2.21. The molecule has 0 atom stereocenters. The van der Waals surface area contributed by atoms with Crippen molar-refractivity contribution < 1.29 is 14.3 Å². The molecular weight excluding hydrogens is 372 g/mol. The molecule has 0 saturated heterocycles. The Hall–Kier alpha value is -3.42. The predicted octanol–water partition coefficient (Wildman–Crippen LogP) is 2.71. The van der Waals surface area contributed by atoms with Gasteiger partial charge >= 0.3 is 5.97 Å². The van der Waals surface area contributed by atoms with Gasteiger partial charge in [-0.3, -0.25) is 9.59 Å². The van der Waals surface area contributed by atoms with Crippen LogP contribution in [0.5, 0.6) is 0 Å². The molecule has 29 heavy (non-hydrogen) atoms. The summed E-state index contributed by atoms with van der Waals surface area (Å²) >= 11 is 0. The van der Waals surface area contributed by atoms with Crippen molar-refractivity contribution in [3.63, 3.8) is 0 Å². The number of carbonyl (C=O) groups excluding carboxylic acids is 2. The Bertz CT molecular complexity index is 1140. The molecule has 1 aromatic carbocycles. The number of ether oxygens (including phenoxy) is 1. The van der Waals surface area contributed by atoms with Crippen LogP contribution < -0.4 is 5.56 Å². The topological polar surface area (TPSA) is 108 Å². The fraction of sp³-hybridized carbons (Fsp3) is 0.333. The number of nitrogens with zero attached hydrogens (tertiary/aromatic N) is 2. The van der Waals surface area contributed by atoms with Gasteiger partial charge in [-0.1, -0.05) is 12.1 Å². The monoisotopic (exact) mass is 396 g/mol. The Labute approximate surface area is 167 Å². The van der Waals surface area contributed by atoms with E-state index in [1.54, 1.807) is 59.0 Å². The van der Waals surface area contributed by atoms with Crippen LogP contribution in [0.3, 0.4) is 0 Å². The summed E-state index contributed by atoms with van der Waals surface area (Å²) in [5.74, 6) is -0.400. The number of benzene rings is 1. The van der Waals surface area contributed by atoms with Crippen LogP contribution in [0.2, 0.25) is 0 Å². The van der Waals surface area contributed by atoms with Gasteiger partial charge in [0.05, 0.1) is 29.1 Å². The van der Waals surface area contributed by atoms with Crippen LogP contribution in [0.25, 0.3) is 10.9 Å². The summed E-state index contributed by atoms with van der Waals surface area (Å²) in [4.78, 5) is 49.1. The summed E-state index contributed by atoms with van der Waals surface area (Å²) in [5, 5.41) is 0.495. The molecule has 152 valence electrons. The van der Waals surface area contributed by atoms with Crippen LogP contribution in [-0.4, -0.2) is 44.9 Å². The predicted molar refractivity (Wildman–Crippen MR) is 109 cm³/mol. The minimum Gasteiger partial charge on any atom is -0.459 e. The molecule has 2 heterocycles. The number of H-pyrrole nitrogens is 2. The Kier molecular flexibility index (Phi) is 5.54. The van der Waals surface area contributed by atoms with E-state index in [4.69, 9.17) is 4.74 Å². The number of fused-ring (bicyclic) bond motifs is 1. The van der Waals surface area contributed by atoms with E-state index >= 15 is 0 Å². The normalized spacial score (nSPS) is 11.1. The van der Waals surface area contributed by atoms with E-state index in [-0.39, 0.29) is 24.1 Å². The van der Waals surface area contributed by atoms with Crippen molar-refractivity contribution in [1.29, 1.82) is 0 Å². The molecule has 2 N–H and O–H groups in total. The van der Waals surface area contributed by atoms with Crippen LogP contribution >= 0.6 is 0 Å². The first-order valence-corrected chi connectivity index (χ1v) is 9.32. The second kappa shape index (κ2) is 7.90. The quantitative estimate of drug-likeness (QED) is 0.645. The summed E-state index contributed by atoms with van der Waals surface area (Å²) in [5.41, 5.74) is 2.10. The standard InChI is InChI=1S/C21H24N4O4/c1-11(2)29-21(28)17-12(3)18(22-13(17)4)20(27)25(5)10-16-23-15-9-7-6-8-14(15)19(26)24-16/h6-9,11,22H,10H2,1-5H3,(H,23,24,26). The minimum atomic E-state index is -0.464. The number of nitrogens with one attached hydrogen (secondary N) is 2. The van der Waals surface area contributed by atoms with Crippen LogP contribution in [0.4, 0.5) is 0 Å². The zero-order chi connectivity index (χ0) is 21.3. The van der Waals surface area contributed by atoms with Crippen LogP contribution in [0, 0.1) is 13.8 Å². The maximum atomic E-state index is 13.0. The summed E-state index contributed by atoms with van der Waals surface area (Å²) < 4.78 is 5.27. The lowest BCUT2D eigenvalue weighted by Gasteiger charge is -2.16. The zero-order valence-electron chi connectivity index (χ0n) is 17.1. The fourth-order valence-electron chi connectivity index (χ4n) is 3.24. The van der Waals surface area contributed by atoms with Crippen LogP contribution in [-0.2, 0) is 11.3 Å². The summed E-state index contributed by atoms with van der Waals surface area (Å²) in [6.07, 6.45) is -0.256. The lowest BCUT2D eigenvalue weighted by atomic mass is 10.1. The number of para-hydroxylation sites is 1. The van der Waals surface area contributed by atoms with Crippen molar-refractivity contribution in [1.82, 2.24) is 19.9 Å². The van der Waals surface area contributed by atoms with Gasteiger partial charge in [-0.2, -0.15) is 0 Å². The van der Waals surface area contributed by atoms with Gasteiger partial charge in [0.25, 0.3) is 11.5 Å². The number of esters is 1. The molecule has 0 unspecified atom stereocenters. The van der Waals surface area contributed by atoms with Crippen molar-refractivity contribution in [2.75, 3.05) is 7.05 Å².